The van der Waals surface area contributed by atoms with Crippen molar-refractivity contribution < 1.29 is 4.79 Å². The topological polar surface area (TPSA) is 58.1 Å². The van der Waals surface area contributed by atoms with Gasteiger partial charge in [0.25, 0.3) is 0 Å². The van der Waals surface area contributed by atoms with Crippen LogP contribution < -0.4 is 5.32 Å². The Balaban J connectivity index is 1.62. The molecule has 0 aliphatic rings. The number of benzene rings is 2. The largest absolute Gasteiger partial charge is 0.324 e. The second kappa shape index (κ2) is 7.55. The number of nitrogens with one attached hydrogen (secondary N) is 1. The van der Waals surface area contributed by atoms with Crippen molar-refractivity contribution in [1.29, 1.82) is 0 Å². The lowest BCUT2D eigenvalue weighted by atomic mass is 10.0. The summed E-state index contributed by atoms with van der Waals surface area (Å²) in [5.74, 6) is 0. The highest BCUT2D eigenvalue weighted by Gasteiger charge is 2.25. The fourth-order valence-corrected chi connectivity index (χ4v) is 3.84. The molecular formula is C21H18N4OS. The van der Waals surface area contributed by atoms with Crippen molar-refractivity contribution in [3.8, 4) is 0 Å². The Bertz CT molecular complexity index is 977. The first-order valence-corrected chi connectivity index (χ1v) is 9.39. The van der Waals surface area contributed by atoms with Gasteiger partial charge in [-0.15, -0.1) is 0 Å². The van der Waals surface area contributed by atoms with Gasteiger partial charge in [-0.25, -0.2) is 9.78 Å². The van der Waals surface area contributed by atoms with Gasteiger partial charge in [0.05, 0.1) is 15.9 Å². The number of carbonyl (C=O) groups excluding carboxylic acids is 1. The predicted molar refractivity (Wildman–Crippen MR) is 109 cm³/mol. The van der Waals surface area contributed by atoms with Gasteiger partial charge in [-0.05, 0) is 29.8 Å². The second-order valence-electron chi connectivity index (χ2n) is 6.10. The van der Waals surface area contributed by atoms with Crippen LogP contribution in [0.2, 0.25) is 0 Å². The minimum Gasteiger partial charge on any atom is -0.315 e. The molecule has 1 N–H and O–H groups in total. The molecule has 0 aliphatic carbocycles. The van der Waals surface area contributed by atoms with Crippen molar-refractivity contribution >= 4 is 32.7 Å². The van der Waals surface area contributed by atoms with Crippen LogP contribution in [0.1, 0.15) is 17.3 Å². The van der Waals surface area contributed by atoms with E-state index in [1.165, 1.54) is 11.3 Å². The fourth-order valence-electron chi connectivity index (χ4n) is 2.99. The molecule has 2 heterocycles. The number of rotatable bonds is 4. The lowest BCUT2D eigenvalue weighted by Crippen LogP contribution is -2.35. The van der Waals surface area contributed by atoms with Crippen molar-refractivity contribution in [2.75, 3.05) is 12.4 Å². The molecule has 6 heteroatoms. The van der Waals surface area contributed by atoms with Crippen LogP contribution in [-0.4, -0.2) is 27.9 Å². The summed E-state index contributed by atoms with van der Waals surface area (Å²) in [6, 6.07) is 22.9. The van der Waals surface area contributed by atoms with E-state index in [1.807, 2.05) is 72.8 Å². The van der Waals surface area contributed by atoms with E-state index in [4.69, 9.17) is 0 Å². The Morgan fingerprint density at radius 2 is 1.74 bits per heavy atom. The zero-order chi connectivity index (χ0) is 18.6. The normalized spacial score (nSPS) is 11.9. The molecule has 27 heavy (non-hydrogen) atoms. The summed E-state index contributed by atoms with van der Waals surface area (Å²) >= 11 is 1.46. The maximum absolute atomic E-state index is 12.9. The molecule has 4 aromatic rings. The number of carbonyl (C=O) groups is 1. The second-order valence-corrected chi connectivity index (χ2v) is 7.13. The molecule has 0 aliphatic heterocycles. The average molecular weight is 374 g/mol. The fraction of sp³-hybridized carbons (Fsp3) is 0.0952. The van der Waals surface area contributed by atoms with E-state index in [-0.39, 0.29) is 12.1 Å². The molecular weight excluding hydrogens is 356 g/mol. The number of fused-ring (bicyclic) bond motifs is 1. The molecule has 134 valence electrons. The number of anilines is 1. The molecule has 2 aromatic carbocycles. The number of pyridine rings is 1. The molecule has 0 unspecified atom stereocenters. The molecule has 0 spiro atoms. The number of amides is 2. The Hall–Kier alpha value is -3.25. The molecule has 4 rings (SSSR count). The Labute approximate surface area is 161 Å². The smallest absolute Gasteiger partial charge is 0.315 e. The van der Waals surface area contributed by atoms with E-state index in [1.54, 1.807) is 18.1 Å². The van der Waals surface area contributed by atoms with Gasteiger partial charge in [-0.2, -0.15) is 0 Å². The highest BCUT2D eigenvalue weighted by molar-refractivity contribution is 7.22. The quantitative estimate of drug-likeness (QED) is 0.550. The van der Waals surface area contributed by atoms with E-state index in [2.05, 4.69) is 15.3 Å². The van der Waals surface area contributed by atoms with E-state index in [0.717, 1.165) is 21.5 Å². The molecule has 0 saturated heterocycles. The van der Waals surface area contributed by atoms with Crippen molar-refractivity contribution in [3.63, 3.8) is 0 Å². The van der Waals surface area contributed by atoms with Crippen molar-refractivity contribution in [2.24, 2.45) is 0 Å². The van der Waals surface area contributed by atoms with Gasteiger partial charge >= 0.3 is 6.03 Å². The van der Waals surface area contributed by atoms with Crippen LogP contribution in [-0.2, 0) is 0 Å². The number of thiazole rings is 1. The van der Waals surface area contributed by atoms with Gasteiger partial charge in [-0.3, -0.25) is 10.3 Å². The van der Waals surface area contributed by atoms with E-state index < -0.39 is 0 Å². The van der Waals surface area contributed by atoms with E-state index in [9.17, 15) is 4.79 Å². The number of para-hydroxylation sites is 1. The zero-order valence-corrected chi connectivity index (χ0v) is 15.6. The summed E-state index contributed by atoms with van der Waals surface area (Å²) in [5.41, 5.74) is 2.69. The van der Waals surface area contributed by atoms with Crippen molar-refractivity contribution in [3.05, 3.63) is 90.3 Å². The SMILES string of the molecule is CN(C(=O)Nc1nc2ccccc2s1)[C@H](c1ccccc1)c1ccccn1. The number of aromatic nitrogens is 2. The third-order valence-electron chi connectivity index (χ3n) is 4.30. The third kappa shape index (κ3) is 3.66. The summed E-state index contributed by atoms with van der Waals surface area (Å²) in [6.45, 7) is 0. The van der Waals surface area contributed by atoms with Crippen molar-refractivity contribution in [2.45, 2.75) is 6.04 Å². The summed E-state index contributed by atoms with van der Waals surface area (Å²) in [5, 5.41) is 3.50. The van der Waals surface area contributed by atoms with Gasteiger partial charge in [-0.1, -0.05) is 59.9 Å². The molecule has 2 amide bonds. The summed E-state index contributed by atoms with van der Waals surface area (Å²) in [7, 11) is 1.77. The first-order valence-electron chi connectivity index (χ1n) is 8.57. The molecule has 0 bridgehead atoms. The maximum Gasteiger partial charge on any atom is 0.324 e. The number of urea groups is 1. The monoisotopic (exact) mass is 374 g/mol. The Kier molecular flexibility index (Phi) is 4.80. The van der Waals surface area contributed by atoms with E-state index in [0.29, 0.717) is 5.13 Å². The average Bonchev–Trinajstić information content (AvgIpc) is 3.12. The minimum absolute atomic E-state index is 0.228. The van der Waals surface area contributed by atoms with Crippen LogP contribution in [0.4, 0.5) is 9.93 Å². The Morgan fingerprint density at radius 3 is 2.48 bits per heavy atom. The summed E-state index contributed by atoms with van der Waals surface area (Å²) in [6.07, 6.45) is 1.74. The van der Waals surface area contributed by atoms with Crippen LogP contribution in [0.5, 0.6) is 0 Å². The highest BCUT2D eigenvalue weighted by Crippen LogP contribution is 2.29. The first kappa shape index (κ1) is 17.2. The highest BCUT2D eigenvalue weighted by atomic mass is 32.1. The third-order valence-corrected chi connectivity index (χ3v) is 5.25. The van der Waals surface area contributed by atoms with Gasteiger partial charge in [0, 0.05) is 13.2 Å². The first-order chi connectivity index (χ1) is 13.2. The molecule has 0 fully saturated rings. The predicted octanol–water partition coefficient (Wildman–Crippen LogP) is 4.94. The zero-order valence-electron chi connectivity index (χ0n) is 14.7. The number of hydrogen-bond acceptors (Lipinski definition) is 4. The molecule has 5 nitrogen and oxygen atoms in total. The molecule has 1 atom stereocenters. The Morgan fingerprint density at radius 1 is 1.00 bits per heavy atom. The minimum atomic E-state index is -0.290. The number of hydrogen-bond donors (Lipinski definition) is 1. The van der Waals surface area contributed by atoms with E-state index >= 15 is 0 Å². The van der Waals surface area contributed by atoms with Crippen molar-refractivity contribution in [1.82, 2.24) is 14.9 Å². The van der Waals surface area contributed by atoms with Crippen LogP contribution in [0.25, 0.3) is 10.2 Å². The molecule has 0 radical (unpaired) electrons. The van der Waals surface area contributed by atoms with Crippen LogP contribution in [0.3, 0.4) is 0 Å². The molecule has 2 aromatic heterocycles. The van der Waals surface area contributed by atoms with Gasteiger partial charge in [0.2, 0.25) is 0 Å². The standard InChI is InChI=1S/C21H18N4OS/c1-25(21(26)24-20-23-16-11-5-6-13-18(16)27-20)19(15-9-3-2-4-10-15)17-12-7-8-14-22-17/h2-14,19H,1H3,(H,23,24,26)/t19-/m1/s1. The lowest BCUT2D eigenvalue weighted by Gasteiger charge is -2.28. The lowest BCUT2D eigenvalue weighted by molar-refractivity contribution is 0.211. The maximum atomic E-state index is 12.9. The van der Waals surface area contributed by atoms with Gasteiger partial charge in [0.15, 0.2) is 5.13 Å². The molecule has 0 saturated carbocycles. The summed E-state index contributed by atoms with van der Waals surface area (Å²) in [4.78, 5) is 23.5. The summed E-state index contributed by atoms with van der Waals surface area (Å²) < 4.78 is 1.04. The van der Waals surface area contributed by atoms with Crippen LogP contribution in [0, 0.1) is 0 Å². The van der Waals surface area contributed by atoms with Crippen LogP contribution in [0.15, 0.2) is 79.0 Å². The van der Waals surface area contributed by atoms with Gasteiger partial charge < -0.3 is 4.90 Å². The number of nitrogens with zero attached hydrogens (tertiary/aromatic N) is 3. The van der Waals surface area contributed by atoms with Gasteiger partial charge in [0.1, 0.15) is 6.04 Å². The van der Waals surface area contributed by atoms with Crippen LogP contribution >= 0.6 is 11.3 Å².